The Morgan fingerprint density at radius 2 is 0.754 bits per heavy atom. The molecule has 0 fully saturated rings. The highest BCUT2D eigenvalue weighted by molar-refractivity contribution is 6.11. The van der Waals surface area contributed by atoms with E-state index in [1.807, 2.05) is 0 Å². The van der Waals surface area contributed by atoms with Crippen molar-refractivity contribution in [1.82, 2.24) is 4.57 Å². The summed E-state index contributed by atoms with van der Waals surface area (Å²) in [5.41, 5.74) is 15.5. The first-order valence-corrected chi connectivity index (χ1v) is 19.4. The van der Waals surface area contributed by atoms with Gasteiger partial charge in [0.05, 0.1) is 11.0 Å². The molecule has 2 heterocycles. The van der Waals surface area contributed by atoms with Gasteiger partial charge in [0, 0.05) is 50.4 Å². The number of benzene rings is 9. The Balaban J connectivity index is 0.991. The zero-order valence-corrected chi connectivity index (χ0v) is 31.1. The smallest absolute Gasteiger partial charge is 0.137 e. The van der Waals surface area contributed by atoms with Crippen LogP contribution in [0, 0.1) is 0 Å². The molecule has 3 heteroatoms. The van der Waals surface area contributed by atoms with Crippen LogP contribution in [0.25, 0.3) is 82.8 Å². The number of furan rings is 1. The second-order valence-corrected chi connectivity index (χ2v) is 14.6. The van der Waals surface area contributed by atoms with Crippen LogP contribution < -0.4 is 4.90 Å². The molecular weight excluding hydrogens is 693 g/mol. The molecule has 2 aromatic heterocycles. The average molecular weight is 729 g/mol. The van der Waals surface area contributed by atoms with Crippen molar-refractivity contribution >= 4 is 60.8 Å². The first-order valence-electron chi connectivity index (χ1n) is 19.4. The normalized spacial score (nSPS) is 11.5. The molecule has 0 aliphatic carbocycles. The molecule has 0 aliphatic heterocycles. The van der Waals surface area contributed by atoms with Crippen molar-refractivity contribution in [2.75, 3.05) is 4.90 Å². The molecule has 57 heavy (non-hydrogen) atoms. The number of aromatic nitrogens is 1. The van der Waals surface area contributed by atoms with Gasteiger partial charge in [-0.3, -0.25) is 0 Å². The summed E-state index contributed by atoms with van der Waals surface area (Å²) in [5.74, 6) is 0. The van der Waals surface area contributed by atoms with Crippen molar-refractivity contribution < 1.29 is 4.42 Å². The lowest BCUT2D eigenvalue weighted by molar-refractivity contribution is 0.669. The molecular formula is C54H36N2O. The fourth-order valence-corrected chi connectivity index (χ4v) is 8.41. The van der Waals surface area contributed by atoms with Gasteiger partial charge in [-0.1, -0.05) is 133 Å². The van der Waals surface area contributed by atoms with Crippen LogP contribution in [-0.2, 0) is 0 Å². The summed E-state index contributed by atoms with van der Waals surface area (Å²) in [4.78, 5) is 2.31. The first-order chi connectivity index (χ1) is 28.2. The van der Waals surface area contributed by atoms with Crippen molar-refractivity contribution in [3.8, 4) is 39.1 Å². The molecule has 0 aliphatic rings. The van der Waals surface area contributed by atoms with Gasteiger partial charge < -0.3 is 13.9 Å². The standard InChI is InChI=1S/C54H36N2O/c1-4-12-37(13-5-1)39-20-26-44(27-21-39)55(45-28-22-40(23-29-45)38-14-6-2-7-15-38)46-30-32-49-48-31-24-42(35-53(48)57-54(49)36-46)41-25-33-52-50(34-41)47-18-10-11-19-51(47)56(52)43-16-8-3-9-17-43/h1-36H. The molecule has 0 bridgehead atoms. The topological polar surface area (TPSA) is 21.3 Å². The lowest BCUT2D eigenvalue weighted by Gasteiger charge is -2.26. The van der Waals surface area contributed by atoms with E-state index in [2.05, 4.69) is 228 Å². The predicted octanol–water partition coefficient (Wildman–Crippen LogP) is 15.2. The van der Waals surface area contributed by atoms with E-state index < -0.39 is 0 Å². The zero-order chi connectivity index (χ0) is 37.7. The fourth-order valence-electron chi connectivity index (χ4n) is 8.41. The quantitative estimate of drug-likeness (QED) is 0.163. The van der Waals surface area contributed by atoms with E-state index in [0.717, 1.165) is 55.8 Å². The molecule has 0 radical (unpaired) electrons. The highest BCUT2D eigenvalue weighted by Gasteiger charge is 2.18. The minimum Gasteiger partial charge on any atom is -0.456 e. The molecule has 0 spiro atoms. The summed E-state index contributed by atoms with van der Waals surface area (Å²) < 4.78 is 9.07. The molecule has 0 saturated carbocycles. The third kappa shape index (κ3) is 5.76. The van der Waals surface area contributed by atoms with E-state index in [4.69, 9.17) is 4.42 Å². The molecule has 268 valence electrons. The first kappa shape index (κ1) is 32.8. The number of nitrogens with zero attached hydrogens (tertiary/aromatic N) is 2. The van der Waals surface area contributed by atoms with Crippen molar-refractivity contribution in [2.24, 2.45) is 0 Å². The second-order valence-electron chi connectivity index (χ2n) is 14.6. The Bertz CT molecular complexity index is 3120. The molecule has 0 saturated heterocycles. The van der Waals surface area contributed by atoms with E-state index in [1.165, 1.54) is 44.1 Å². The molecule has 0 amide bonds. The number of para-hydroxylation sites is 2. The Morgan fingerprint density at radius 3 is 1.40 bits per heavy atom. The van der Waals surface area contributed by atoms with Crippen molar-refractivity contribution in [3.63, 3.8) is 0 Å². The summed E-state index contributed by atoms with van der Waals surface area (Å²) >= 11 is 0. The van der Waals surface area contributed by atoms with Crippen LogP contribution in [0.3, 0.4) is 0 Å². The summed E-state index contributed by atoms with van der Waals surface area (Å²) in [6, 6.07) is 77.9. The van der Waals surface area contributed by atoms with Crippen molar-refractivity contribution in [3.05, 3.63) is 218 Å². The number of fused-ring (bicyclic) bond motifs is 6. The van der Waals surface area contributed by atoms with Gasteiger partial charge >= 0.3 is 0 Å². The number of hydrogen-bond donors (Lipinski definition) is 0. The Morgan fingerprint density at radius 1 is 0.298 bits per heavy atom. The lowest BCUT2D eigenvalue weighted by Crippen LogP contribution is -2.09. The lowest BCUT2D eigenvalue weighted by atomic mass is 10.0. The summed E-state index contributed by atoms with van der Waals surface area (Å²) in [7, 11) is 0. The van der Waals surface area contributed by atoms with Gasteiger partial charge in [-0.25, -0.2) is 0 Å². The Hall–Kier alpha value is -7.62. The summed E-state index contributed by atoms with van der Waals surface area (Å²) in [6.07, 6.45) is 0. The fraction of sp³-hybridized carbons (Fsp3) is 0. The third-order valence-electron chi connectivity index (χ3n) is 11.2. The molecule has 0 N–H and O–H groups in total. The monoisotopic (exact) mass is 728 g/mol. The third-order valence-corrected chi connectivity index (χ3v) is 11.2. The molecule has 9 aromatic carbocycles. The van der Waals surface area contributed by atoms with Crippen molar-refractivity contribution in [1.29, 1.82) is 0 Å². The minimum atomic E-state index is 0.854. The highest BCUT2D eigenvalue weighted by Crippen LogP contribution is 2.41. The number of anilines is 3. The average Bonchev–Trinajstić information content (AvgIpc) is 3.82. The molecule has 3 nitrogen and oxygen atoms in total. The van der Waals surface area contributed by atoms with E-state index in [9.17, 15) is 0 Å². The van der Waals surface area contributed by atoms with Gasteiger partial charge in [-0.05, 0) is 112 Å². The maximum Gasteiger partial charge on any atom is 0.137 e. The molecule has 11 rings (SSSR count). The van der Waals surface area contributed by atoms with E-state index in [-0.39, 0.29) is 0 Å². The minimum absolute atomic E-state index is 0.854. The SMILES string of the molecule is c1ccc(-c2ccc(N(c3ccc(-c4ccccc4)cc3)c3ccc4c(c3)oc3cc(-c5ccc6c(c5)c5ccccc5n6-c5ccccc5)ccc34)cc2)cc1. The van der Waals surface area contributed by atoms with Gasteiger partial charge in [-0.15, -0.1) is 0 Å². The van der Waals surface area contributed by atoms with E-state index in [1.54, 1.807) is 0 Å². The van der Waals surface area contributed by atoms with Crippen molar-refractivity contribution in [2.45, 2.75) is 0 Å². The number of rotatable bonds is 7. The summed E-state index contributed by atoms with van der Waals surface area (Å²) in [6.45, 7) is 0. The second kappa shape index (κ2) is 13.6. The highest BCUT2D eigenvalue weighted by atomic mass is 16.3. The van der Waals surface area contributed by atoms with Gasteiger partial charge in [0.25, 0.3) is 0 Å². The van der Waals surface area contributed by atoms with Crippen LogP contribution in [0.15, 0.2) is 223 Å². The van der Waals surface area contributed by atoms with E-state index in [0.29, 0.717) is 0 Å². The van der Waals surface area contributed by atoms with Gasteiger partial charge in [-0.2, -0.15) is 0 Å². The van der Waals surface area contributed by atoms with Gasteiger partial charge in [0.2, 0.25) is 0 Å². The molecule has 0 unspecified atom stereocenters. The van der Waals surface area contributed by atoms with Crippen LogP contribution in [0.1, 0.15) is 0 Å². The van der Waals surface area contributed by atoms with Gasteiger partial charge in [0.15, 0.2) is 0 Å². The van der Waals surface area contributed by atoms with Crippen LogP contribution in [0.5, 0.6) is 0 Å². The molecule has 11 aromatic rings. The summed E-state index contributed by atoms with van der Waals surface area (Å²) in [5, 5.41) is 4.67. The van der Waals surface area contributed by atoms with Crippen LogP contribution in [0.2, 0.25) is 0 Å². The maximum atomic E-state index is 6.72. The Labute approximate surface area is 330 Å². The Kier molecular flexibility index (Phi) is 7.82. The van der Waals surface area contributed by atoms with Crippen LogP contribution >= 0.6 is 0 Å². The number of hydrogen-bond acceptors (Lipinski definition) is 2. The zero-order valence-electron chi connectivity index (χ0n) is 31.1. The van der Waals surface area contributed by atoms with Crippen LogP contribution in [0.4, 0.5) is 17.1 Å². The van der Waals surface area contributed by atoms with Gasteiger partial charge in [0.1, 0.15) is 11.2 Å². The predicted molar refractivity (Wildman–Crippen MR) is 239 cm³/mol. The molecule has 0 atom stereocenters. The van der Waals surface area contributed by atoms with Crippen LogP contribution in [-0.4, -0.2) is 4.57 Å². The maximum absolute atomic E-state index is 6.72. The largest absolute Gasteiger partial charge is 0.456 e. The van der Waals surface area contributed by atoms with E-state index >= 15 is 0 Å².